The van der Waals surface area contributed by atoms with E-state index in [4.69, 9.17) is 0 Å². The van der Waals surface area contributed by atoms with Gasteiger partial charge >= 0.3 is 0 Å². The lowest BCUT2D eigenvalue weighted by atomic mass is 9.97. The topological polar surface area (TPSA) is 37.6 Å². The first-order chi connectivity index (χ1) is 10.8. The van der Waals surface area contributed by atoms with Crippen LogP contribution in [0.4, 0.5) is 0 Å². The number of thiazole rings is 1. The van der Waals surface area contributed by atoms with Gasteiger partial charge in [-0.05, 0) is 29.9 Å². The highest BCUT2D eigenvalue weighted by molar-refractivity contribution is 7.15. The first-order valence-corrected chi connectivity index (χ1v) is 9.28. The zero-order valence-electron chi connectivity index (χ0n) is 12.4. The summed E-state index contributed by atoms with van der Waals surface area (Å²) in [5.41, 5.74) is 2.36. The van der Waals surface area contributed by atoms with Gasteiger partial charge in [0, 0.05) is 41.7 Å². The molecule has 0 N–H and O–H groups in total. The molecule has 6 heteroatoms. The fourth-order valence-corrected chi connectivity index (χ4v) is 4.96. The van der Waals surface area contributed by atoms with E-state index in [2.05, 4.69) is 28.3 Å². The van der Waals surface area contributed by atoms with E-state index in [1.54, 1.807) is 16.7 Å². The lowest BCUT2D eigenvalue weighted by Gasteiger charge is -2.35. The molecule has 3 aromatic heterocycles. The minimum absolute atomic E-state index is 0.0162. The van der Waals surface area contributed by atoms with Gasteiger partial charge in [-0.2, -0.15) is 0 Å². The van der Waals surface area contributed by atoms with Gasteiger partial charge in [0.05, 0.1) is 5.69 Å². The van der Waals surface area contributed by atoms with Gasteiger partial charge in [0.25, 0.3) is 5.56 Å². The number of thiophene rings is 1. The smallest absolute Gasteiger partial charge is 0.258 e. The number of nitrogens with zero attached hydrogens (tertiary/aromatic N) is 3. The number of rotatable bonds is 3. The van der Waals surface area contributed by atoms with Gasteiger partial charge in [-0.15, -0.1) is 22.7 Å². The van der Waals surface area contributed by atoms with Crippen LogP contribution in [0.2, 0.25) is 0 Å². The molecule has 4 heterocycles. The summed E-state index contributed by atoms with van der Waals surface area (Å²) in [7, 11) is 0. The summed E-state index contributed by atoms with van der Waals surface area (Å²) >= 11 is 3.37. The highest BCUT2D eigenvalue weighted by atomic mass is 32.1. The number of aromatic nitrogens is 2. The van der Waals surface area contributed by atoms with Crippen molar-refractivity contribution in [1.82, 2.24) is 14.3 Å². The van der Waals surface area contributed by atoms with Gasteiger partial charge in [0.1, 0.15) is 0 Å². The van der Waals surface area contributed by atoms with Crippen molar-refractivity contribution in [3.05, 3.63) is 55.6 Å². The SMILES string of the molecule is CCC1c2ccsc2CCN1Cc1cc(=O)n2ccsc2n1. The maximum absolute atomic E-state index is 12.1. The van der Waals surface area contributed by atoms with Crippen LogP contribution in [0.25, 0.3) is 4.96 Å². The molecule has 0 saturated carbocycles. The van der Waals surface area contributed by atoms with Gasteiger partial charge < -0.3 is 0 Å². The van der Waals surface area contributed by atoms with E-state index in [-0.39, 0.29) is 5.56 Å². The largest absolute Gasteiger partial charge is 0.290 e. The molecule has 0 aromatic carbocycles. The second-order valence-electron chi connectivity index (χ2n) is 5.58. The fourth-order valence-electron chi connectivity index (χ4n) is 3.29. The fraction of sp³-hybridized carbons (Fsp3) is 0.375. The molecule has 1 atom stereocenters. The van der Waals surface area contributed by atoms with Crippen LogP contribution in [0.5, 0.6) is 0 Å². The molecular weight excluding hydrogens is 314 g/mol. The minimum atomic E-state index is 0.0162. The third-order valence-corrected chi connectivity index (χ3v) is 6.07. The van der Waals surface area contributed by atoms with Crippen molar-refractivity contribution < 1.29 is 0 Å². The highest BCUT2D eigenvalue weighted by Crippen LogP contribution is 2.35. The number of hydrogen-bond donors (Lipinski definition) is 0. The molecule has 0 radical (unpaired) electrons. The van der Waals surface area contributed by atoms with Gasteiger partial charge in [-0.25, -0.2) is 4.98 Å². The van der Waals surface area contributed by atoms with Gasteiger partial charge in [0.2, 0.25) is 0 Å². The van der Waals surface area contributed by atoms with Crippen LogP contribution in [0.15, 0.2) is 33.9 Å². The molecule has 114 valence electrons. The zero-order valence-corrected chi connectivity index (χ0v) is 14.0. The van der Waals surface area contributed by atoms with E-state index >= 15 is 0 Å². The Kier molecular flexibility index (Phi) is 3.60. The van der Waals surface area contributed by atoms with E-state index in [1.165, 1.54) is 21.8 Å². The van der Waals surface area contributed by atoms with E-state index in [1.807, 2.05) is 16.7 Å². The summed E-state index contributed by atoms with van der Waals surface area (Å²) in [5.74, 6) is 0. The quantitative estimate of drug-likeness (QED) is 0.739. The number of hydrogen-bond acceptors (Lipinski definition) is 5. The Hall–Kier alpha value is -1.50. The maximum Gasteiger partial charge on any atom is 0.258 e. The molecule has 22 heavy (non-hydrogen) atoms. The normalized spacial score (nSPS) is 18.7. The zero-order chi connectivity index (χ0) is 15.1. The molecule has 0 amide bonds. The van der Waals surface area contributed by atoms with Crippen molar-refractivity contribution in [2.75, 3.05) is 6.54 Å². The monoisotopic (exact) mass is 331 g/mol. The molecule has 4 rings (SSSR count). The van der Waals surface area contributed by atoms with Crippen LogP contribution in [0, 0.1) is 0 Å². The number of fused-ring (bicyclic) bond motifs is 2. The lowest BCUT2D eigenvalue weighted by molar-refractivity contribution is 0.171. The molecule has 1 unspecified atom stereocenters. The molecule has 0 bridgehead atoms. The predicted molar refractivity (Wildman–Crippen MR) is 90.8 cm³/mol. The second-order valence-corrected chi connectivity index (χ2v) is 7.46. The maximum atomic E-state index is 12.1. The van der Waals surface area contributed by atoms with Crippen LogP contribution in [-0.4, -0.2) is 20.8 Å². The van der Waals surface area contributed by atoms with Crippen molar-refractivity contribution in [2.45, 2.75) is 32.4 Å². The standard InChI is InChI=1S/C16H17N3OS2/c1-2-13-12-4-7-21-14(12)3-5-18(13)10-11-9-15(20)19-6-8-22-16(19)17-11/h4,6-9,13H,2-3,5,10H2,1H3. The average molecular weight is 331 g/mol. The van der Waals surface area contributed by atoms with E-state index in [9.17, 15) is 4.79 Å². The third-order valence-electron chi connectivity index (χ3n) is 4.31. The average Bonchev–Trinajstić information content (AvgIpc) is 3.15. The molecule has 1 aliphatic heterocycles. The van der Waals surface area contributed by atoms with E-state index in [0.29, 0.717) is 6.04 Å². The Morgan fingerprint density at radius 3 is 3.14 bits per heavy atom. The third kappa shape index (κ3) is 2.31. The highest BCUT2D eigenvalue weighted by Gasteiger charge is 2.27. The summed E-state index contributed by atoms with van der Waals surface area (Å²) in [6.07, 6.45) is 3.97. The summed E-state index contributed by atoms with van der Waals surface area (Å²) in [4.78, 5) is 21.5. The molecule has 1 aliphatic rings. The first kappa shape index (κ1) is 14.1. The van der Waals surface area contributed by atoms with Gasteiger partial charge in [-0.1, -0.05) is 6.92 Å². The Morgan fingerprint density at radius 2 is 2.27 bits per heavy atom. The summed E-state index contributed by atoms with van der Waals surface area (Å²) < 4.78 is 1.61. The van der Waals surface area contributed by atoms with E-state index in [0.717, 1.165) is 36.6 Å². The van der Waals surface area contributed by atoms with Crippen molar-refractivity contribution in [1.29, 1.82) is 0 Å². The Labute approximate surface area is 136 Å². The first-order valence-electron chi connectivity index (χ1n) is 7.52. The van der Waals surface area contributed by atoms with Crippen LogP contribution in [-0.2, 0) is 13.0 Å². The van der Waals surface area contributed by atoms with Crippen LogP contribution in [0.3, 0.4) is 0 Å². The Morgan fingerprint density at radius 1 is 1.36 bits per heavy atom. The molecule has 3 aromatic rings. The molecule has 0 fully saturated rings. The molecule has 4 nitrogen and oxygen atoms in total. The summed E-state index contributed by atoms with van der Waals surface area (Å²) in [6.45, 7) is 4.02. The molecule has 0 spiro atoms. The lowest BCUT2D eigenvalue weighted by Crippen LogP contribution is -2.34. The van der Waals surface area contributed by atoms with Gasteiger partial charge in [0.15, 0.2) is 4.96 Å². The van der Waals surface area contributed by atoms with Crippen LogP contribution in [0.1, 0.15) is 35.5 Å². The second kappa shape index (κ2) is 5.61. The van der Waals surface area contributed by atoms with Crippen LogP contribution >= 0.6 is 22.7 Å². The van der Waals surface area contributed by atoms with Crippen molar-refractivity contribution in [2.24, 2.45) is 0 Å². The Balaban J connectivity index is 1.66. The summed E-state index contributed by atoms with van der Waals surface area (Å²) in [6, 6.07) is 4.37. The van der Waals surface area contributed by atoms with Crippen molar-refractivity contribution in [3.63, 3.8) is 0 Å². The molecule has 0 saturated heterocycles. The predicted octanol–water partition coefficient (Wildman–Crippen LogP) is 3.33. The molecule has 0 aliphatic carbocycles. The van der Waals surface area contributed by atoms with E-state index < -0.39 is 0 Å². The molecular formula is C16H17N3OS2. The summed E-state index contributed by atoms with van der Waals surface area (Å²) in [5, 5.41) is 4.10. The van der Waals surface area contributed by atoms with Crippen molar-refractivity contribution in [3.8, 4) is 0 Å². The van der Waals surface area contributed by atoms with Crippen LogP contribution < -0.4 is 5.56 Å². The van der Waals surface area contributed by atoms with Crippen molar-refractivity contribution >= 4 is 27.6 Å². The Bertz CT molecular complexity index is 864. The minimum Gasteiger partial charge on any atom is -0.290 e. The van der Waals surface area contributed by atoms with Gasteiger partial charge in [-0.3, -0.25) is 14.1 Å².